The molecule has 74 valence electrons. The van der Waals surface area contributed by atoms with E-state index in [4.69, 9.17) is 5.73 Å². The Kier molecular flexibility index (Phi) is 1.60. The summed E-state index contributed by atoms with van der Waals surface area (Å²) in [4.78, 5) is 7.09. The molecular formula is C6H4F3N5. The molecule has 0 bridgehead atoms. The Morgan fingerprint density at radius 2 is 2.07 bits per heavy atom. The van der Waals surface area contributed by atoms with Crippen LogP contribution in [0.5, 0.6) is 0 Å². The molecule has 2 heterocycles. The summed E-state index contributed by atoms with van der Waals surface area (Å²) in [6, 6.07) is 0.807. The van der Waals surface area contributed by atoms with Crippen LogP contribution in [-0.4, -0.2) is 19.6 Å². The van der Waals surface area contributed by atoms with Gasteiger partial charge >= 0.3 is 6.18 Å². The Labute approximate surface area is 75.4 Å². The number of aromatic nitrogens is 4. The summed E-state index contributed by atoms with van der Waals surface area (Å²) in [7, 11) is 0. The molecule has 0 atom stereocenters. The van der Waals surface area contributed by atoms with Crippen molar-refractivity contribution in [2.24, 2.45) is 0 Å². The first-order valence-corrected chi connectivity index (χ1v) is 3.53. The van der Waals surface area contributed by atoms with Crippen molar-refractivity contribution >= 4 is 11.7 Å². The van der Waals surface area contributed by atoms with Gasteiger partial charge in [-0.25, -0.2) is 4.98 Å². The SMILES string of the molecule is Nc1nc2nccc(C(F)(F)F)n2n1. The lowest BCUT2D eigenvalue weighted by Gasteiger charge is -2.06. The van der Waals surface area contributed by atoms with Gasteiger partial charge in [0, 0.05) is 6.20 Å². The normalized spacial score (nSPS) is 12.2. The highest BCUT2D eigenvalue weighted by atomic mass is 19.4. The van der Waals surface area contributed by atoms with E-state index in [9.17, 15) is 13.2 Å². The van der Waals surface area contributed by atoms with Gasteiger partial charge in [0.1, 0.15) is 0 Å². The van der Waals surface area contributed by atoms with Gasteiger partial charge in [-0.15, -0.1) is 5.10 Å². The summed E-state index contributed by atoms with van der Waals surface area (Å²) < 4.78 is 37.7. The fraction of sp³-hybridized carbons (Fsp3) is 0.167. The Morgan fingerprint density at radius 1 is 1.36 bits per heavy atom. The molecule has 0 unspecified atom stereocenters. The Balaban J connectivity index is 2.77. The van der Waals surface area contributed by atoms with E-state index < -0.39 is 11.9 Å². The van der Waals surface area contributed by atoms with Crippen LogP contribution in [0.3, 0.4) is 0 Å². The van der Waals surface area contributed by atoms with Crippen LogP contribution < -0.4 is 5.73 Å². The van der Waals surface area contributed by atoms with E-state index in [0.717, 1.165) is 12.3 Å². The fourth-order valence-corrected chi connectivity index (χ4v) is 1.02. The summed E-state index contributed by atoms with van der Waals surface area (Å²) in [5.41, 5.74) is 4.20. The molecule has 0 aromatic carbocycles. The summed E-state index contributed by atoms with van der Waals surface area (Å²) in [5.74, 6) is -0.411. The van der Waals surface area contributed by atoms with E-state index in [0.29, 0.717) is 4.52 Å². The topological polar surface area (TPSA) is 69.1 Å². The number of hydrogen-bond donors (Lipinski definition) is 1. The lowest BCUT2D eigenvalue weighted by atomic mass is 10.4. The third kappa shape index (κ3) is 1.24. The van der Waals surface area contributed by atoms with E-state index in [1.54, 1.807) is 0 Å². The number of rotatable bonds is 0. The van der Waals surface area contributed by atoms with Crippen molar-refractivity contribution in [3.8, 4) is 0 Å². The van der Waals surface area contributed by atoms with Crippen molar-refractivity contribution in [2.75, 3.05) is 5.73 Å². The molecule has 2 aromatic heterocycles. The molecule has 0 aliphatic rings. The summed E-state index contributed by atoms with van der Waals surface area (Å²) in [5, 5.41) is 3.38. The van der Waals surface area contributed by atoms with Crippen LogP contribution in [0.2, 0.25) is 0 Å². The first kappa shape index (κ1) is 8.73. The van der Waals surface area contributed by atoms with Crippen molar-refractivity contribution in [3.05, 3.63) is 18.0 Å². The van der Waals surface area contributed by atoms with Crippen molar-refractivity contribution in [2.45, 2.75) is 6.18 Å². The maximum atomic E-state index is 12.4. The first-order valence-electron chi connectivity index (χ1n) is 3.53. The van der Waals surface area contributed by atoms with E-state index in [1.165, 1.54) is 0 Å². The number of alkyl halides is 3. The Bertz CT molecular complexity index is 474. The number of nitrogens with zero attached hydrogens (tertiary/aromatic N) is 4. The summed E-state index contributed by atoms with van der Waals surface area (Å²) in [6.07, 6.45) is -3.49. The van der Waals surface area contributed by atoms with E-state index in [2.05, 4.69) is 15.1 Å². The van der Waals surface area contributed by atoms with Crippen LogP contribution in [-0.2, 0) is 6.18 Å². The van der Waals surface area contributed by atoms with Gasteiger partial charge in [0.25, 0.3) is 5.78 Å². The molecular weight excluding hydrogens is 199 g/mol. The molecule has 0 aliphatic carbocycles. The number of halogens is 3. The van der Waals surface area contributed by atoms with Gasteiger partial charge in [-0.05, 0) is 6.07 Å². The number of nitrogen functional groups attached to an aromatic ring is 1. The van der Waals surface area contributed by atoms with Crippen molar-refractivity contribution < 1.29 is 13.2 Å². The zero-order valence-electron chi connectivity index (χ0n) is 6.65. The summed E-state index contributed by atoms with van der Waals surface area (Å²) in [6.45, 7) is 0. The monoisotopic (exact) mass is 203 g/mol. The molecule has 14 heavy (non-hydrogen) atoms. The second-order valence-electron chi connectivity index (χ2n) is 2.51. The third-order valence-electron chi connectivity index (χ3n) is 1.55. The highest BCUT2D eigenvalue weighted by molar-refractivity contribution is 5.35. The standard InChI is InChI=1S/C6H4F3N5/c7-6(8,9)3-1-2-11-5-12-4(10)13-14(3)5/h1-2H,(H2,10,13). The van der Waals surface area contributed by atoms with Gasteiger partial charge in [0.15, 0.2) is 5.69 Å². The highest BCUT2D eigenvalue weighted by Gasteiger charge is 2.34. The molecule has 0 spiro atoms. The van der Waals surface area contributed by atoms with Crippen molar-refractivity contribution in [1.82, 2.24) is 19.6 Å². The zero-order valence-corrected chi connectivity index (χ0v) is 6.65. The van der Waals surface area contributed by atoms with Gasteiger partial charge in [-0.2, -0.15) is 22.7 Å². The van der Waals surface area contributed by atoms with E-state index in [1.807, 2.05) is 0 Å². The molecule has 2 rings (SSSR count). The molecule has 0 saturated heterocycles. The van der Waals surface area contributed by atoms with Crippen LogP contribution in [0, 0.1) is 0 Å². The summed E-state index contributed by atoms with van der Waals surface area (Å²) >= 11 is 0. The molecule has 5 nitrogen and oxygen atoms in total. The van der Waals surface area contributed by atoms with Crippen LogP contribution in [0.15, 0.2) is 12.3 Å². The minimum Gasteiger partial charge on any atom is -0.366 e. The van der Waals surface area contributed by atoms with Crippen LogP contribution in [0.4, 0.5) is 19.1 Å². The molecule has 0 amide bonds. The van der Waals surface area contributed by atoms with Crippen LogP contribution >= 0.6 is 0 Å². The van der Waals surface area contributed by atoms with Gasteiger partial charge in [0.05, 0.1) is 0 Å². The molecule has 8 heteroatoms. The average Bonchev–Trinajstić information content (AvgIpc) is 2.41. The quantitative estimate of drug-likeness (QED) is 0.685. The predicted molar refractivity (Wildman–Crippen MR) is 40.2 cm³/mol. The van der Waals surface area contributed by atoms with Crippen molar-refractivity contribution in [3.63, 3.8) is 0 Å². The smallest absolute Gasteiger partial charge is 0.366 e. The minimum atomic E-state index is -4.50. The number of hydrogen-bond acceptors (Lipinski definition) is 4. The van der Waals surface area contributed by atoms with Gasteiger partial charge < -0.3 is 5.73 Å². The number of anilines is 1. The van der Waals surface area contributed by atoms with E-state index >= 15 is 0 Å². The Hall–Kier alpha value is -1.86. The van der Waals surface area contributed by atoms with Gasteiger partial charge in [-0.3, -0.25) is 0 Å². The number of fused-ring (bicyclic) bond motifs is 1. The Morgan fingerprint density at radius 3 is 2.71 bits per heavy atom. The minimum absolute atomic E-state index is 0.169. The second kappa shape index (κ2) is 2.56. The maximum absolute atomic E-state index is 12.4. The number of nitrogens with two attached hydrogens (primary N) is 1. The lowest BCUT2D eigenvalue weighted by Crippen LogP contribution is -2.12. The highest BCUT2D eigenvalue weighted by Crippen LogP contribution is 2.28. The fourth-order valence-electron chi connectivity index (χ4n) is 1.02. The third-order valence-corrected chi connectivity index (χ3v) is 1.55. The molecule has 2 aromatic rings. The molecule has 0 saturated carbocycles. The molecule has 2 N–H and O–H groups in total. The first-order chi connectivity index (χ1) is 6.48. The van der Waals surface area contributed by atoms with Gasteiger partial charge in [0.2, 0.25) is 5.95 Å². The largest absolute Gasteiger partial charge is 0.433 e. The van der Waals surface area contributed by atoms with Crippen molar-refractivity contribution in [1.29, 1.82) is 0 Å². The molecule has 0 aliphatic heterocycles. The van der Waals surface area contributed by atoms with Crippen LogP contribution in [0.25, 0.3) is 5.78 Å². The zero-order chi connectivity index (χ0) is 10.3. The molecule has 0 radical (unpaired) electrons. The van der Waals surface area contributed by atoms with E-state index in [-0.39, 0.29) is 11.7 Å². The average molecular weight is 203 g/mol. The van der Waals surface area contributed by atoms with Gasteiger partial charge in [-0.1, -0.05) is 0 Å². The predicted octanol–water partition coefficient (Wildman–Crippen LogP) is 0.725. The maximum Gasteiger partial charge on any atom is 0.433 e. The molecule has 0 fully saturated rings. The lowest BCUT2D eigenvalue weighted by molar-refractivity contribution is -0.142. The van der Waals surface area contributed by atoms with Crippen LogP contribution in [0.1, 0.15) is 5.69 Å². The second-order valence-corrected chi connectivity index (χ2v) is 2.51.